The van der Waals surface area contributed by atoms with Gasteiger partial charge in [-0.05, 0) is 6.07 Å². The molecule has 1 aromatic carbocycles. The molecule has 0 bridgehead atoms. The fourth-order valence-corrected chi connectivity index (χ4v) is 1.44. The average Bonchev–Trinajstić information content (AvgIpc) is 2.37. The highest BCUT2D eigenvalue weighted by atomic mass is 19.3. The van der Waals surface area contributed by atoms with Gasteiger partial charge >= 0.3 is 0 Å². The van der Waals surface area contributed by atoms with Gasteiger partial charge < -0.3 is 10.1 Å². The number of halogens is 4. The van der Waals surface area contributed by atoms with E-state index in [2.05, 4.69) is 10.1 Å². The molecule has 0 aliphatic carbocycles. The fourth-order valence-electron chi connectivity index (χ4n) is 1.44. The minimum atomic E-state index is -2.89. The van der Waals surface area contributed by atoms with E-state index in [0.717, 1.165) is 18.2 Å². The fraction of sp³-hybridized carbons (Fsp3) is 0.455. The van der Waals surface area contributed by atoms with Crippen molar-refractivity contribution in [2.45, 2.75) is 12.9 Å². The molecule has 9 heteroatoms. The Morgan fingerprint density at radius 3 is 2.55 bits per heavy atom. The van der Waals surface area contributed by atoms with Crippen molar-refractivity contribution in [1.82, 2.24) is 0 Å². The van der Waals surface area contributed by atoms with Crippen LogP contribution in [0.25, 0.3) is 0 Å². The summed E-state index contributed by atoms with van der Waals surface area (Å²) in [5.74, 6) is 0. The lowest BCUT2D eigenvalue weighted by atomic mass is 10.1. The molecule has 1 rings (SSSR count). The average molecular weight is 296 g/mol. The van der Waals surface area contributed by atoms with Gasteiger partial charge in [0.15, 0.2) is 0 Å². The zero-order valence-corrected chi connectivity index (χ0v) is 10.2. The first-order valence-electron chi connectivity index (χ1n) is 5.58. The second-order valence-electron chi connectivity index (χ2n) is 3.72. The number of anilines is 1. The molecule has 0 spiro atoms. The zero-order valence-electron chi connectivity index (χ0n) is 10.2. The summed E-state index contributed by atoms with van der Waals surface area (Å²) < 4.78 is 53.6. The lowest BCUT2D eigenvalue weighted by molar-refractivity contribution is -0.385. The van der Waals surface area contributed by atoms with Gasteiger partial charge in [-0.15, -0.1) is 0 Å². The molecule has 0 saturated heterocycles. The molecule has 0 fully saturated rings. The van der Waals surface area contributed by atoms with Gasteiger partial charge in [0.2, 0.25) is 0 Å². The summed E-state index contributed by atoms with van der Waals surface area (Å²) >= 11 is 0. The first-order valence-corrected chi connectivity index (χ1v) is 5.58. The van der Waals surface area contributed by atoms with Gasteiger partial charge in [-0.25, -0.2) is 17.6 Å². The summed E-state index contributed by atoms with van der Waals surface area (Å²) in [4.78, 5) is 9.72. The number of nitro groups is 1. The van der Waals surface area contributed by atoms with Crippen LogP contribution < -0.4 is 5.32 Å². The minimum absolute atomic E-state index is 0.00578. The third-order valence-corrected chi connectivity index (χ3v) is 2.29. The van der Waals surface area contributed by atoms with Gasteiger partial charge in [-0.3, -0.25) is 10.1 Å². The summed E-state index contributed by atoms with van der Waals surface area (Å²) in [5.41, 5.74) is -0.959. The summed E-state index contributed by atoms with van der Waals surface area (Å²) in [5, 5.41) is 13.1. The molecule has 0 aliphatic rings. The lowest BCUT2D eigenvalue weighted by Gasteiger charge is -2.11. The van der Waals surface area contributed by atoms with Crippen LogP contribution in [0.4, 0.5) is 28.9 Å². The monoisotopic (exact) mass is 296 g/mol. The van der Waals surface area contributed by atoms with Crippen LogP contribution in [-0.2, 0) is 4.74 Å². The maximum absolute atomic E-state index is 12.8. The van der Waals surface area contributed by atoms with E-state index >= 15 is 0 Å². The Morgan fingerprint density at radius 2 is 2.00 bits per heavy atom. The normalized spacial score (nSPS) is 11.1. The van der Waals surface area contributed by atoms with E-state index in [1.807, 2.05) is 0 Å². The van der Waals surface area contributed by atoms with Crippen LogP contribution >= 0.6 is 0 Å². The standard InChI is InChI=1S/C11H12F4N2O3/c12-10(13)6-20-4-3-16-9-2-1-7(17(18)19)5-8(9)11(14)15/h1-2,5,10-11,16H,3-4,6H2. The second kappa shape index (κ2) is 7.63. The number of non-ortho nitro benzene ring substituents is 1. The molecule has 0 aliphatic heterocycles. The number of alkyl halides is 4. The largest absolute Gasteiger partial charge is 0.382 e. The first-order chi connectivity index (χ1) is 9.41. The van der Waals surface area contributed by atoms with Crippen LogP contribution in [0.2, 0.25) is 0 Å². The van der Waals surface area contributed by atoms with E-state index in [1.54, 1.807) is 0 Å². The van der Waals surface area contributed by atoms with E-state index in [-0.39, 0.29) is 18.8 Å². The van der Waals surface area contributed by atoms with Crippen LogP contribution in [0.1, 0.15) is 12.0 Å². The van der Waals surface area contributed by atoms with Gasteiger partial charge in [0.1, 0.15) is 6.61 Å². The van der Waals surface area contributed by atoms with Crippen molar-refractivity contribution in [1.29, 1.82) is 0 Å². The maximum Gasteiger partial charge on any atom is 0.270 e. The van der Waals surface area contributed by atoms with Gasteiger partial charge in [0.25, 0.3) is 18.5 Å². The number of nitro benzene ring substituents is 1. The summed E-state index contributed by atoms with van der Waals surface area (Å²) in [6.07, 6.45) is -5.48. The van der Waals surface area contributed by atoms with Gasteiger partial charge in [0.05, 0.1) is 11.5 Å². The Labute approximate surface area is 111 Å². The number of ether oxygens (including phenoxy) is 1. The van der Waals surface area contributed by atoms with Crippen molar-refractivity contribution in [2.75, 3.05) is 25.1 Å². The molecule has 0 radical (unpaired) electrons. The highest BCUT2D eigenvalue weighted by molar-refractivity contribution is 5.56. The molecule has 1 N–H and O–H groups in total. The molecule has 0 unspecified atom stereocenters. The summed E-state index contributed by atoms with van der Waals surface area (Å²) in [7, 11) is 0. The predicted octanol–water partition coefficient (Wildman–Crippen LogP) is 3.23. The molecule has 0 heterocycles. The Hall–Kier alpha value is -1.90. The first kappa shape index (κ1) is 16.2. The minimum Gasteiger partial charge on any atom is -0.382 e. The van der Waals surface area contributed by atoms with Crippen LogP contribution in [0, 0.1) is 10.1 Å². The van der Waals surface area contributed by atoms with Crippen LogP contribution in [-0.4, -0.2) is 31.1 Å². The summed E-state index contributed by atoms with van der Waals surface area (Å²) in [6.45, 7) is -0.794. The zero-order chi connectivity index (χ0) is 15.1. The van der Waals surface area contributed by atoms with E-state index in [0.29, 0.717) is 0 Å². The number of rotatable bonds is 8. The number of benzene rings is 1. The van der Waals surface area contributed by atoms with Crippen molar-refractivity contribution in [3.63, 3.8) is 0 Å². The molecule has 0 atom stereocenters. The number of hydrogen-bond acceptors (Lipinski definition) is 4. The predicted molar refractivity (Wildman–Crippen MR) is 63.4 cm³/mol. The topological polar surface area (TPSA) is 64.4 Å². The molecule has 5 nitrogen and oxygen atoms in total. The van der Waals surface area contributed by atoms with Gasteiger partial charge in [-0.2, -0.15) is 0 Å². The Kier molecular flexibility index (Phi) is 6.16. The van der Waals surface area contributed by atoms with Crippen molar-refractivity contribution in [3.05, 3.63) is 33.9 Å². The SMILES string of the molecule is O=[N+]([O-])c1ccc(NCCOCC(F)F)c(C(F)F)c1. The second-order valence-corrected chi connectivity index (χ2v) is 3.72. The molecule has 0 saturated carbocycles. The van der Waals surface area contributed by atoms with Crippen LogP contribution in [0.5, 0.6) is 0 Å². The van der Waals surface area contributed by atoms with E-state index in [1.165, 1.54) is 0 Å². The van der Waals surface area contributed by atoms with Gasteiger partial charge in [0, 0.05) is 29.9 Å². The Balaban J connectivity index is 2.62. The third kappa shape index (κ3) is 5.00. The lowest BCUT2D eigenvalue weighted by Crippen LogP contribution is -2.14. The van der Waals surface area contributed by atoms with Crippen LogP contribution in [0.15, 0.2) is 18.2 Å². The van der Waals surface area contributed by atoms with Crippen molar-refractivity contribution < 1.29 is 27.2 Å². The molecule has 1 aromatic rings. The number of nitrogens with zero attached hydrogens (tertiary/aromatic N) is 1. The van der Waals surface area contributed by atoms with E-state index in [4.69, 9.17) is 0 Å². The van der Waals surface area contributed by atoms with E-state index in [9.17, 15) is 27.7 Å². The van der Waals surface area contributed by atoms with Crippen LogP contribution in [0.3, 0.4) is 0 Å². The molecule has 0 aromatic heterocycles. The molecule has 20 heavy (non-hydrogen) atoms. The molecular weight excluding hydrogens is 284 g/mol. The van der Waals surface area contributed by atoms with Crippen molar-refractivity contribution >= 4 is 11.4 Å². The molecule has 112 valence electrons. The quantitative estimate of drug-likeness (QED) is 0.346. The number of nitrogens with one attached hydrogen (secondary N) is 1. The number of hydrogen-bond donors (Lipinski definition) is 1. The van der Waals surface area contributed by atoms with E-state index < -0.39 is 35.6 Å². The molecular formula is C11H12F4N2O3. The highest BCUT2D eigenvalue weighted by Crippen LogP contribution is 2.30. The Bertz CT molecular complexity index is 457. The highest BCUT2D eigenvalue weighted by Gasteiger charge is 2.17. The Morgan fingerprint density at radius 1 is 1.30 bits per heavy atom. The smallest absolute Gasteiger partial charge is 0.270 e. The molecule has 0 amide bonds. The maximum atomic E-state index is 12.8. The third-order valence-electron chi connectivity index (χ3n) is 2.29. The van der Waals surface area contributed by atoms with Crippen molar-refractivity contribution in [3.8, 4) is 0 Å². The van der Waals surface area contributed by atoms with Gasteiger partial charge in [-0.1, -0.05) is 0 Å². The summed E-state index contributed by atoms with van der Waals surface area (Å²) in [6, 6.07) is 2.99. The van der Waals surface area contributed by atoms with Crippen molar-refractivity contribution in [2.24, 2.45) is 0 Å².